The van der Waals surface area contributed by atoms with Gasteiger partial charge >= 0.3 is 0 Å². The Hall–Kier alpha value is -1.19. The second-order valence-electron chi connectivity index (χ2n) is 10.0. The van der Waals surface area contributed by atoms with E-state index in [0.29, 0.717) is 32.3 Å². The fourth-order valence-electron chi connectivity index (χ4n) is 4.37. The van der Waals surface area contributed by atoms with Crippen molar-refractivity contribution in [1.82, 2.24) is 0 Å². The molecule has 2 fully saturated rings. The fraction of sp³-hybridized carbons (Fsp3) is 0.696. The van der Waals surface area contributed by atoms with Crippen LogP contribution in [0.3, 0.4) is 0 Å². The maximum Gasteiger partial charge on any atom is 0.172 e. The number of Topliss-reactive ketones (excluding diaryl/α,β-unsaturated/α-hetero) is 1. The topological polar surface area (TPSA) is 44.8 Å². The maximum absolute atomic E-state index is 13.6. The molecular formula is C23H34O4Si. The van der Waals surface area contributed by atoms with Gasteiger partial charge in [-0.05, 0) is 39.2 Å². The molecule has 0 aromatic carbocycles. The molecule has 0 aromatic heterocycles. The van der Waals surface area contributed by atoms with E-state index in [9.17, 15) is 4.79 Å². The van der Waals surface area contributed by atoms with Gasteiger partial charge in [-0.25, -0.2) is 0 Å². The van der Waals surface area contributed by atoms with Crippen LogP contribution in [0.2, 0.25) is 19.6 Å². The lowest BCUT2D eigenvalue weighted by molar-refractivity contribution is -0.352. The third-order valence-corrected chi connectivity index (χ3v) is 6.87. The molecule has 0 amide bonds. The van der Waals surface area contributed by atoms with Crippen molar-refractivity contribution in [2.24, 2.45) is 5.41 Å². The predicted molar refractivity (Wildman–Crippen MR) is 113 cm³/mol. The Labute approximate surface area is 170 Å². The Morgan fingerprint density at radius 1 is 1.25 bits per heavy atom. The van der Waals surface area contributed by atoms with Crippen molar-refractivity contribution in [2.75, 3.05) is 6.61 Å². The van der Waals surface area contributed by atoms with Crippen LogP contribution in [-0.4, -0.2) is 44.1 Å². The summed E-state index contributed by atoms with van der Waals surface area (Å²) in [7, 11) is -1.39. The minimum absolute atomic E-state index is 0.116. The molecule has 2 saturated heterocycles. The van der Waals surface area contributed by atoms with E-state index in [4.69, 9.17) is 14.2 Å². The number of allylic oxidation sites excluding steroid dienone is 1. The van der Waals surface area contributed by atoms with Gasteiger partial charge in [0.25, 0.3) is 0 Å². The maximum atomic E-state index is 13.6. The minimum atomic E-state index is -1.39. The van der Waals surface area contributed by atoms with Gasteiger partial charge < -0.3 is 14.2 Å². The van der Waals surface area contributed by atoms with Crippen LogP contribution in [0, 0.1) is 16.9 Å². The van der Waals surface area contributed by atoms with Crippen LogP contribution < -0.4 is 0 Å². The number of carbonyl (C=O) groups is 1. The number of ketones is 1. The van der Waals surface area contributed by atoms with Crippen LogP contribution in [-0.2, 0) is 19.0 Å². The van der Waals surface area contributed by atoms with Gasteiger partial charge in [0.05, 0.1) is 24.4 Å². The normalized spacial score (nSPS) is 37.1. The molecule has 1 spiro atoms. The van der Waals surface area contributed by atoms with Crippen molar-refractivity contribution in [2.45, 2.75) is 89.7 Å². The fourth-order valence-corrected chi connectivity index (χ4v) is 5.02. The first kappa shape index (κ1) is 21.5. The minimum Gasteiger partial charge on any atom is -0.366 e. The number of rotatable bonds is 3. The van der Waals surface area contributed by atoms with Crippen LogP contribution in [0.1, 0.15) is 46.5 Å². The molecule has 0 radical (unpaired) electrons. The molecule has 1 aliphatic carbocycles. The van der Waals surface area contributed by atoms with Crippen LogP contribution in [0.4, 0.5) is 0 Å². The van der Waals surface area contributed by atoms with Gasteiger partial charge in [0.1, 0.15) is 13.5 Å². The first-order chi connectivity index (χ1) is 12.9. The number of ether oxygens (including phenoxy) is 3. The summed E-state index contributed by atoms with van der Waals surface area (Å²) in [6.07, 6.45) is 6.06. The number of hydrogen-bond donors (Lipinski definition) is 0. The molecule has 2 heterocycles. The SMILES string of the molecule is C=C[C@@]1(C)C[C@H]2OC(C)(C)OC[C@]23C(=O)C(CCC#C[Si](C)(C)C)=CC[C@H]3O1. The molecule has 0 aromatic rings. The van der Waals surface area contributed by atoms with Gasteiger partial charge in [0.15, 0.2) is 11.6 Å². The highest BCUT2D eigenvalue weighted by molar-refractivity contribution is 6.83. The summed E-state index contributed by atoms with van der Waals surface area (Å²) in [5.41, 5.74) is 2.96. The highest BCUT2D eigenvalue weighted by atomic mass is 28.3. The lowest BCUT2D eigenvalue weighted by Gasteiger charge is -2.58. The lowest BCUT2D eigenvalue weighted by atomic mass is 9.62. The summed E-state index contributed by atoms with van der Waals surface area (Å²) in [6, 6.07) is 0. The Morgan fingerprint density at radius 2 is 1.96 bits per heavy atom. The standard InChI is InChI=1S/C23H34O4Si/c1-8-22(4)15-19-23(16-25-21(2,3)26-19)18(27-22)13-12-17(20(23)24)11-9-10-14-28(5,6)7/h8,12,18-19H,1,9,11,13,15-16H2,2-7H3/t18-,19-,22+,23-/m1/s1. The molecule has 4 nitrogen and oxygen atoms in total. The van der Waals surface area contributed by atoms with E-state index >= 15 is 0 Å². The third-order valence-electron chi connectivity index (χ3n) is 5.94. The third kappa shape index (κ3) is 4.07. The zero-order valence-corrected chi connectivity index (χ0v) is 19.2. The molecule has 0 N–H and O–H groups in total. The Kier molecular flexibility index (Phi) is 5.57. The van der Waals surface area contributed by atoms with Gasteiger partial charge in [-0.3, -0.25) is 4.79 Å². The second-order valence-corrected chi connectivity index (χ2v) is 14.8. The number of carbonyl (C=O) groups excluding carboxylic acids is 1. The lowest BCUT2D eigenvalue weighted by Crippen LogP contribution is -2.68. The molecular weight excluding hydrogens is 368 g/mol. The molecule has 154 valence electrons. The zero-order valence-electron chi connectivity index (χ0n) is 18.2. The van der Waals surface area contributed by atoms with Crippen molar-refractivity contribution < 1.29 is 19.0 Å². The summed E-state index contributed by atoms with van der Waals surface area (Å²) in [5, 5.41) is 0. The first-order valence-electron chi connectivity index (χ1n) is 10.3. The quantitative estimate of drug-likeness (QED) is 0.398. The average molecular weight is 403 g/mol. The molecule has 4 atom stereocenters. The Balaban J connectivity index is 1.87. The van der Waals surface area contributed by atoms with Gasteiger partial charge in [0, 0.05) is 12.8 Å². The molecule has 2 aliphatic heterocycles. The van der Waals surface area contributed by atoms with Crippen molar-refractivity contribution in [3.8, 4) is 11.5 Å². The zero-order chi connectivity index (χ0) is 20.8. The van der Waals surface area contributed by atoms with Gasteiger partial charge in [-0.1, -0.05) is 31.8 Å². The molecule has 0 saturated carbocycles. The highest BCUT2D eigenvalue weighted by Gasteiger charge is 2.63. The smallest absolute Gasteiger partial charge is 0.172 e. The van der Waals surface area contributed by atoms with E-state index < -0.39 is 24.9 Å². The Morgan fingerprint density at radius 3 is 2.61 bits per heavy atom. The van der Waals surface area contributed by atoms with E-state index in [0.717, 1.165) is 5.57 Å². The molecule has 5 heteroatoms. The van der Waals surface area contributed by atoms with Crippen LogP contribution in [0.5, 0.6) is 0 Å². The van der Waals surface area contributed by atoms with Gasteiger partial charge in [0.2, 0.25) is 0 Å². The molecule has 0 bridgehead atoms. The van der Waals surface area contributed by atoms with Crippen LogP contribution >= 0.6 is 0 Å². The van der Waals surface area contributed by atoms with E-state index in [2.05, 4.69) is 37.7 Å². The first-order valence-corrected chi connectivity index (χ1v) is 13.8. The highest BCUT2D eigenvalue weighted by Crippen LogP contribution is 2.52. The summed E-state index contributed by atoms with van der Waals surface area (Å²) in [6.45, 7) is 16.8. The van der Waals surface area contributed by atoms with E-state index in [-0.39, 0.29) is 18.0 Å². The van der Waals surface area contributed by atoms with Crippen LogP contribution in [0.15, 0.2) is 24.3 Å². The molecule has 3 aliphatic rings. The summed E-state index contributed by atoms with van der Waals surface area (Å²) in [5.74, 6) is 2.69. The summed E-state index contributed by atoms with van der Waals surface area (Å²) >= 11 is 0. The molecule has 0 unspecified atom stereocenters. The van der Waals surface area contributed by atoms with Crippen molar-refractivity contribution in [3.05, 3.63) is 24.3 Å². The van der Waals surface area contributed by atoms with E-state index in [1.807, 2.05) is 32.9 Å². The molecule has 28 heavy (non-hydrogen) atoms. The average Bonchev–Trinajstić information content (AvgIpc) is 2.58. The summed E-state index contributed by atoms with van der Waals surface area (Å²) < 4.78 is 18.7. The van der Waals surface area contributed by atoms with Crippen molar-refractivity contribution >= 4 is 13.9 Å². The van der Waals surface area contributed by atoms with Crippen molar-refractivity contribution in [3.63, 3.8) is 0 Å². The Bertz CT molecular complexity index is 751. The molecule has 3 rings (SSSR count). The van der Waals surface area contributed by atoms with Crippen LogP contribution in [0.25, 0.3) is 0 Å². The number of hydrogen-bond acceptors (Lipinski definition) is 4. The second kappa shape index (κ2) is 7.25. The summed E-state index contributed by atoms with van der Waals surface area (Å²) in [4.78, 5) is 13.6. The monoisotopic (exact) mass is 402 g/mol. The van der Waals surface area contributed by atoms with Crippen molar-refractivity contribution in [1.29, 1.82) is 0 Å². The van der Waals surface area contributed by atoms with E-state index in [1.165, 1.54) is 0 Å². The predicted octanol–water partition coefficient (Wildman–Crippen LogP) is 4.42. The largest absolute Gasteiger partial charge is 0.366 e. The van der Waals surface area contributed by atoms with Gasteiger partial charge in [-0.2, -0.15) is 0 Å². The van der Waals surface area contributed by atoms with E-state index in [1.54, 1.807) is 0 Å². The van der Waals surface area contributed by atoms with Gasteiger partial charge in [-0.15, -0.1) is 18.0 Å².